The molecule has 1 aliphatic heterocycles. The summed E-state index contributed by atoms with van der Waals surface area (Å²) < 4.78 is 11.6. The van der Waals surface area contributed by atoms with E-state index in [0.29, 0.717) is 25.3 Å². The van der Waals surface area contributed by atoms with Crippen molar-refractivity contribution >= 4 is 5.91 Å². The van der Waals surface area contributed by atoms with Crippen LogP contribution in [-0.2, 0) is 11.3 Å². The summed E-state index contributed by atoms with van der Waals surface area (Å²) in [6.45, 7) is 3.35. The minimum atomic E-state index is -0.145. The van der Waals surface area contributed by atoms with Crippen LogP contribution in [0.1, 0.15) is 40.7 Å². The number of amides is 1. The van der Waals surface area contributed by atoms with E-state index in [0.717, 1.165) is 24.3 Å². The number of aromatic nitrogens is 2. The van der Waals surface area contributed by atoms with Crippen molar-refractivity contribution in [2.75, 3.05) is 20.3 Å². The van der Waals surface area contributed by atoms with Gasteiger partial charge in [0.1, 0.15) is 11.5 Å². The molecule has 2 aromatic heterocycles. The van der Waals surface area contributed by atoms with E-state index in [1.165, 1.54) is 10.6 Å². The Bertz CT molecular complexity index is 780. The van der Waals surface area contributed by atoms with Crippen LogP contribution in [0.4, 0.5) is 0 Å². The van der Waals surface area contributed by atoms with Gasteiger partial charge in [-0.2, -0.15) is 0 Å². The number of ether oxygens (including phenoxy) is 1. The molecule has 1 fully saturated rings. The molecule has 7 nitrogen and oxygen atoms in total. The van der Waals surface area contributed by atoms with Crippen LogP contribution in [0.5, 0.6) is 0 Å². The van der Waals surface area contributed by atoms with Gasteiger partial charge in [-0.05, 0) is 25.8 Å². The van der Waals surface area contributed by atoms with E-state index in [1.54, 1.807) is 24.3 Å². The molecule has 0 saturated carbocycles. The van der Waals surface area contributed by atoms with Crippen LogP contribution in [0.15, 0.2) is 33.7 Å². The number of nitrogens with zero attached hydrogens (tertiary/aromatic N) is 3. The fraction of sp³-hybridized carbons (Fsp3) is 0.471. The minimum Gasteiger partial charge on any atom is -0.383 e. The Labute approximate surface area is 139 Å². The summed E-state index contributed by atoms with van der Waals surface area (Å²) in [7, 11) is 1.58. The molecule has 1 amide bonds. The zero-order chi connectivity index (χ0) is 17.1. The van der Waals surface area contributed by atoms with Gasteiger partial charge < -0.3 is 18.7 Å². The van der Waals surface area contributed by atoms with E-state index in [9.17, 15) is 9.59 Å². The second-order valence-corrected chi connectivity index (χ2v) is 5.96. The molecule has 128 valence electrons. The van der Waals surface area contributed by atoms with E-state index in [4.69, 9.17) is 9.26 Å². The van der Waals surface area contributed by atoms with E-state index in [2.05, 4.69) is 5.16 Å². The molecule has 1 saturated heterocycles. The lowest BCUT2D eigenvalue weighted by atomic mass is 10.1. The molecule has 3 heterocycles. The quantitative estimate of drug-likeness (QED) is 0.834. The summed E-state index contributed by atoms with van der Waals surface area (Å²) in [6.07, 6.45) is 3.39. The number of likely N-dealkylation sites (tertiary alicyclic amines) is 1. The fourth-order valence-corrected chi connectivity index (χ4v) is 3.05. The lowest BCUT2D eigenvalue weighted by Gasteiger charge is -2.23. The maximum absolute atomic E-state index is 12.9. The maximum Gasteiger partial charge on any atom is 0.255 e. The Balaban J connectivity index is 1.84. The van der Waals surface area contributed by atoms with Crippen molar-refractivity contribution in [3.63, 3.8) is 0 Å². The average Bonchev–Trinajstić information content (AvgIpc) is 3.22. The summed E-state index contributed by atoms with van der Waals surface area (Å²) in [6, 6.07) is 4.80. The van der Waals surface area contributed by atoms with E-state index in [1.807, 2.05) is 13.0 Å². The third-order valence-electron chi connectivity index (χ3n) is 4.27. The summed E-state index contributed by atoms with van der Waals surface area (Å²) >= 11 is 0. The Morgan fingerprint density at radius 1 is 1.46 bits per heavy atom. The topological polar surface area (TPSA) is 77.6 Å². The number of hydrogen-bond donors (Lipinski definition) is 0. The standard InChI is InChI=1S/C17H21N3O4/c1-12-10-14(18-24-12)15-4-3-7-20(15)17(22)13-5-6-16(21)19(11-13)8-9-23-2/h5-6,10-11,15H,3-4,7-9H2,1-2H3/t15-/m0/s1. The maximum atomic E-state index is 12.9. The highest BCUT2D eigenvalue weighted by Gasteiger charge is 2.32. The van der Waals surface area contributed by atoms with E-state index in [-0.39, 0.29) is 17.5 Å². The third kappa shape index (κ3) is 3.26. The first-order valence-electron chi connectivity index (χ1n) is 8.04. The summed E-state index contributed by atoms with van der Waals surface area (Å²) in [5, 5.41) is 4.06. The molecule has 2 aromatic rings. The van der Waals surface area contributed by atoms with Gasteiger partial charge in [0.2, 0.25) is 0 Å². The first-order valence-corrected chi connectivity index (χ1v) is 8.04. The van der Waals surface area contributed by atoms with Crippen LogP contribution in [0.2, 0.25) is 0 Å². The molecular weight excluding hydrogens is 310 g/mol. The van der Waals surface area contributed by atoms with Gasteiger partial charge in [0.15, 0.2) is 0 Å². The summed E-state index contributed by atoms with van der Waals surface area (Å²) in [4.78, 5) is 26.6. The van der Waals surface area contributed by atoms with Crippen molar-refractivity contribution in [1.82, 2.24) is 14.6 Å². The van der Waals surface area contributed by atoms with Gasteiger partial charge in [0, 0.05) is 38.5 Å². The fourth-order valence-electron chi connectivity index (χ4n) is 3.05. The molecule has 0 aliphatic carbocycles. The predicted octanol–water partition coefficient (Wildman–Crippen LogP) is 1.77. The van der Waals surface area contributed by atoms with Crippen molar-refractivity contribution in [2.45, 2.75) is 32.4 Å². The summed E-state index contributed by atoms with van der Waals surface area (Å²) in [5.74, 6) is 0.640. The highest BCUT2D eigenvalue weighted by Crippen LogP contribution is 2.32. The lowest BCUT2D eigenvalue weighted by molar-refractivity contribution is 0.0729. The summed E-state index contributed by atoms with van der Waals surface area (Å²) in [5.41, 5.74) is 1.14. The van der Waals surface area contributed by atoms with Crippen molar-refractivity contribution in [2.24, 2.45) is 0 Å². The molecular formula is C17H21N3O4. The van der Waals surface area contributed by atoms with Gasteiger partial charge in [-0.1, -0.05) is 5.16 Å². The highest BCUT2D eigenvalue weighted by molar-refractivity contribution is 5.94. The molecule has 0 N–H and O–H groups in total. The van der Waals surface area contributed by atoms with Gasteiger partial charge >= 0.3 is 0 Å². The zero-order valence-electron chi connectivity index (χ0n) is 13.9. The number of aryl methyl sites for hydroxylation is 1. The predicted molar refractivity (Wildman–Crippen MR) is 86.8 cm³/mol. The molecule has 1 aliphatic rings. The zero-order valence-corrected chi connectivity index (χ0v) is 13.9. The van der Waals surface area contributed by atoms with Gasteiger partial charge in [-0.3, -0.25) is 9.59 Å². The van der Waals surface area contributed by atoms with Crippen LogP contribution in [0, 0.1) is 6.92 Å². The van der Waals surface area contributed by atoms with Crippen LogP contribution < -0.4 is 5.56 Å². The van der Waals surface area contributed by atoms with Gasteiger partial charge in [0.05, 0.1) is 18.2 Å². The molecule has 0 unspecified atom stereocenters. The van der Waals surface area contributed by atoms with Crippen LogP contribution in [-0.4, -0.2) is 40.8 Å². The molecule has 7 heteroatoms. The smallest absolute Gasteiger partial charge is 0.255 e. The monoisotopic (exact) mass is 331 g/mol. The number of carbonyl (C=O) groups is 1. The highest BCUT2D eigenvalue weighted by atomic mass is 16.5. The molecule has 0 aromatic carbocycles. The van der Waals surface area contributed by atoms with Gasteiger partial charge in [0.25, 0.3) is 11.5 Å². The number of rotatable bonds is 5. The first-order chi connectivity index (χ1) is 11.6. The van der Waals surface area contributed by atoms with Crippen LogP contribution in [0.3, 0.4) is 0 Å². The number of methoxy groups -OCH3 is 1. The second kappa shape index (κ2) is 7.00. The molecule has 3 rings (SSSR count). The molecule has 0 bridgehead atoms. The second-order valence-electron chi connectivity index (χ2n) is 5.96. The van der Waals surface area contributed by atoms with Crippen molar-refractivity contribution < 1.29 is 14.1 Å². The van der Waals surface area contributed by atoms with Gasteiger partial charge in [-0.25, -0.2) is 0 Å². The average molecular weight is 331 g/mol. The lowest BCUT2D eigenvalue weighted by Crippen LogP contribution is -2.32. The Morgan fingerprint density at radius 3 is 3.00 bits per heavy atom. The minimum absolute atomic E-state index is 0.0747. The SMILES string of the molecule is COCCn1cc(C(=O)N2CCC[C@H]2c2cc(C)on2)ccc1=O. The van der Waals surface area contributed by atoms with Crippen molar-refractivity contribution in [3.05, 3.63) is 51.8 Å². The Kier molecular flexibility index (Phi) is 4.80. The van der Waals surface area contributed by atoms with Crippen LogP contribution in [0.25, 0.3) is 0 Å². The molecule has 0 radical (unpaired) electrons. The number of carbonyl (C=O) groups excluding carboxylic acids is 1. The van der Waals surface area contributed by atoms with Crippen LogP contribution >= 0.6 is 0 Å². The number of pyridine rings is 1. The normalized spacial score (nSPS) is 17.4. The molecule has 24 heavy (non-hydrogen) atoms. The third-order valence-corrected chi connectivity index (χ3v) is 4.27. The largest absolute Gasteiger partial charge is 0.383 e. The molecule has 1 atom stereocenters. The first kappa shape index (κ1) is 16.4. The Morgan fingerprint density at radius 2 is 2.29 bits per heavy atom. The molecule has 0 spiro atoms. The van der Waals surface area contributed by atoms with Crippen molar-refractivity contribution in [1.29, 1.82) is 0 Å². The van der Waals surface area contributed by atoms with E-state index >= 15 is 0 Å². The van der Waals surface area contributed by atoms with E-state index < -0.39 is 0 Å². The van der Waals surface area contributed by atoms with Gasteiger partial charge in [-0.15, -0.1) is 0 Å². The Hall–Kier alpha value is -2.41. The van der Waals surface area contributed by atoms with Crippen molar-refractivity contribution in [3.8, 4) is 0 Å². The number of hydrogen-bond acceptors (Lipinski definition) is 5.